The van der Waals surface area contributed by atoms with Crippen molar-refractivity contribution in [3.63, 3.8) is 0 Å². The first-order valence-electron chi connectivity index (χ1n) is 7.49. The molecular formula is C18H13ClN2O4S. The van der Waals surface area contributed by atoms with Crippen molar-refractivity contribution in [2.75, 3.05) is 11.9 Å². The third-order valence-electron chi connectivity index (χ3n) is 3.51. The van der Waals surface area contributed by atoms with Crippen LogP contribution >= 0.6 is 22.9 Å². The second kappa shape index (κ2) is 7.55. The standard InChI is InChI=1S/C18H13ClN2O4S/c19-15-12-3-1-2-4-13(12)26-16(15)18(24)25-9-14(22)21-11-7-5-10(6-8-11)17(20)23/h1-8H,9H2,(H2,20,23)(H,21,22). The molecule has 0 radical (unpaired) electrons. The van der Waals surface area contributed by atoms with E-state index in [1.165, 1.54) is 35.6 Å². The van der Waals surface area contributed by atoms with Gasteiger partial charge in [0.2, 0.25) is 5.91 Å². The lowest BCUT2D eigenvalue weighted by Crippen LogP contribution is -2.20. The largest absolute Gasteiger partial charge is 0.451 e. The zero-order chi connectivity index (χ0) is 18.7. The first-order chi connectivity index (χ1) is 12.5. The quantitative estimate of drug-likeness (QED) is 0.654. The van der Waals surface area contributed by atoms with Gasteiger partial charge in [0.05, 0.1) is 5.02 Å². The van der Waals surface area contributed by atoms with Gasteiger partial charge in [-0.25, -0.2) is 4.79 Å². The minimum atomic E-state index is -0.657. The number of fused-ring (bicyclic) bond motifs is 1. The maximum absolute atomic E-state index is 12.2. The number of rotatable bonds is 5. The molecule has 0 aliphatic carbocycles. The van der Waals surface area contributed by atoms with Crippen LogP contribution in [-0.2, 0) is 9.53 Å². The maximum atomic E-state index is 12.2. The van der Waals surface area contributed by atoms with Gasteiger partial charge in [-0.15, -0.1) is 11.3 Å². The van der Waals surface area contributed by atoms with E-state index in [-0.39, 0.29) is 4.88 Å². The summed E-state index contributed by atoms with van der Waals surface area (Å²) in [4.78, 5) is 35.4. The van der Waals surface area contributed by atoms with Gasteiger partial charge in [0.15, 0.2) is 6.61 Å². The molecule has 0 aliphatic heterocycles. The van der Waals surface area contributed by atoms with Crippen LogP contribution < -0.4 is 11.1 Å². The Morgan fingerprint density at radius 3 is 2.42 bits per heavy atom. The molecule has 1 heterocycles. The van der Waals surface area contributed by atoms with Gasteiger partial charge in [0, 0.05) is 21.3 Å². The lowest BCUT2D eigenvalue weighted by molar-refractivity contribution is -0.119. The molecule has 0 saturated heterocycles. The van der Waals surface area contributed by atoms with Gasteiger partial charge in [0.25, 0.3) is 5.91 Å². The predicted octanol–water partition coefficient (Wildman–Crippen LogP) is 3.45. The number of carbonyl (C=O) groups excluding carboxylic acids is 3. The van der Waals surface area contributed by atoms with E-state index in [1.807, 2.05) is 24.3 Å². The van der Waals surface area contributed by atoms with Gasteiger partial charge >= 0.3 is 5.97 Å². The Balaban J connectivity index is 1.60. The third kappa shape index (κ3) is 3.84. The number of nitrogens with two attached hydrogens (primary N) is 1. The lowest BCUT2D eigenvalue weighted by Gasteiger charge is -2.06. The number of primary amides is 1. The number of benzene rings is 2. The highest BCUT2D eigenvalue weighted by atomic mass is 35.5. The Morgan fingerprint density at radius 1 is 1.08 bits per heavy atom. The summed E-state index contributed by atoms with van der Waals surface area (Å²) in [5.74, 6) is -1.73. The molecule has 3 N–H and O–H groups in total. The molecule has 132 valence electrons. The number of hydrogen-bond acceptors (Lipinski definition) is 5. The van der Waals surface area contributed by atoms with E-state index in [0.717, 1.165) is 10.1 Å². The van der Waals surface area contributed by atoms with Crippen molar-refractivity contribution in [2.45, 2.75) is 0 Å². The SMILES string of the molecule is NC(=O)c1ccc(NC(=O)COC(=O)c2sc3ccccc3c2Cl)cc1. The van der Waals surface area contributed by atoms with Crippen molar-refractivity contribution >= 4 is 56.5 Å². The van der Waals surface area contributed by atoms with Crippen LogP contribution in [0.1, 0.15) is 20.0 Å². The molecule has 2 aromatic carbocycles. The smallest absolute Gasteiger partial charge is 0.350 e. The number of amides is 2. The van der Waals surface area contributed by atoms with Crippen LogP contribution in [0.5, 0.6) is 0 Å². The fourth-order valence-corrected chi connectivity index (χ4v) is 3.66. The van der Waals surface area contributed by atoms with Gasteiger partial charge < -0.3 is 15.8 Å². The summed E-state index contributed by atoms with van der Waals surface area (Å²) >= 11 is 7.42. The van der Waals surface area contributed by atoms with Crippen LogP contribution in [0, 0.1) is 0 Å². The molecule has 0 aliphatic rings. The highest BCUT2D eigenvalue weighted by Gasteiger charge is 2.19. The molecular weight excluding hydrogens is 376 g/mol. The first kappa shape index (κ1) is 17.9. The Bertz CT molecular complexity index is 998. The van der Waals surface area contributed by atoms with E-state index in [4.69, 9.17) is 22.1 Å². The zero-order valence-corrected chi connectivity index (χ0v) is 14.9. The molecule has 1 aromatic heterocycles. The summed E-state index contributed by atoms with van der Waals surface area (Å²) < 4.78 is 5.90. The van der Waals surface area contributed by atoms with Crippen LogP contribution in [0.3, 0.4) is 0 Å². The van der Waals surface area contributed by atoms with Crippen LogP contribution in [0.4, 0.5) is 5.69 Å². The summed E-state index contributed by atoms with van der Waals surface area (Å²) in [6, 6.07) is 13.4. The van der Waals surface area contributed by atoms with Crippen molar-refractivity contribution in [3.8, 4) is 0 Å². The number of esters is 1. The van der Waals surface area contributed by atoms with E-state index in [0.29, 0.717) is 16.3 Å². The topological polar surface area (TPSA) is 98.5 Å². The van der Waals surface area contributed by atoms with Crippen molar-refractivity contribution in [1.29, 1.82) is 0 Å². The monoisotopic (exact) mass is 388 g/mol. The predicted molar refractivity (Wildman–Crippen MR) is 101 cm³/mol. The van der Waals surface area contributed by atoms with E-state index in [2.05, 4.69) is 5.32 Å². The second-order valence-electron chi connectivity index (χ2n) is 5.31. The highest BCUT2D eigenvalue weighted by molar-refractivity contribution is 7.21. The van der Waals surface area contributed by atoms with Crippen LogP contribution in [-0.4, -0.2) is 24.4 Å². The molecule has 26 heavy (non-hydrogen) atoms. The van der Waals surface area contributed by atoms with Crippen LogP contribution in [0.2, 0.25) is 5.02 Å². The van der Waals surface area contributed by atoms with Gasteiger partial charge in [-0.3, -0.25) is 9.59 Å². The van der Waals surface area contributed by atoms with Gasteiger partial charge in [-0.2, -0.15) is 0 Å². The fraction of sp³-hybridized carbons (Fsp3) is 0.0556. The van der Waals surface area contributed by atoms with Gasteiger partial charge in [0.1, 0.15) is 4.88 Å². The number of hydrogen-bond donors (Lipinski definition) is 2. The molecule has 0 saturated carbocycles. The average molecular weight is 389 g/mol. The Labute approximate surface area is 157 Å². The molecule has 3 rings (SSSR count). The number of thiophene rings is 1. The number of ether oxygens (including phenoxy) is 1. The summed E-state index contributed by atoms with van der Waals surface area (Å²) in [6.45, 7) is -0.457. The number of nitrogens with one attached hydrogen (secondary N) is 1. The summed E-state index contributed by atoms with van der Waals surface area (Å²) in [5, 5.41) is 3.64. The summed E-state index contributed by atoms with van der Waals surface area (Å²) in [6.07, 6.45) is 0. The summed E-state index contributed by atoms with van der Waals surface area (Å²) in [7, 11) is 0. The number of halogens is 1. The Kier molecular flexibility index (Phi) is 5.20. The fourth-order valence-electron chi connectivity index (χ4n) is 2.26. The second-order valence-corrected chi connectivity index (χ2v) is 6.74. The van der Waals surface area contributed by atoms with Gasteiger partial charge in [-0.1, -0.05) is 29.8 Å². The highest BCUT2D eigenvalue weighted by Crippen LogP contribution is 2.35. The first-order valence-corrected chi connectivity index (χ1v) is 8.69. The summed E-state index contributed by atoms with van der Waals surface area (Å²) in [5.41, 5.74) is 5.93. The van der Waals surface area contributed by atoms with E-state index in [9.17, 15) is 14.4 Å². The van der Waals surface area contributed by atoms with E-state index >= 15 is 0 Å². The molecule has 8 heteroatoms. The molecule has 3 aromatic rings. The molecule has 0 atom stereocenters. The third-order valence-corrected chi connectivity index (χ3v) is 5.16. The van der Waals surface area contributed by atoms with Crippen molar-refractivity contribution in [3.05, 3.63) is 64.0 Å². The van der Waals surface area contributed by atoms with Crippen molar-refractivity contribution < 1.29 is 19.1 Å². The maximum Gasteiger partial charge on any atom is 0.350 e. The molecule has 2 amide bonds. The normalized spacial score (nSPS) is 10.5. The van der Waals surface area contributed by atoms with Crippen LogP contribution in [0.25, 0.3) is 10.1 Å². The molecule has 0 unspecified atom stereocenters. The molecule has 0 fully saturated rings. The Morgan fingerprint density at radius 2 is 1.77 bits per heavy atom. The van der Waals surface area contributed by atoms with E-state index in [1.54, 1.807) is 0 Å². The van der Waals surface area contributed by atoms with E-state index < -0.39 is 24.4 Å². The Hall–Kier alpha value is -2.90. The minimum Gasteiger partial charge on any atom is -0.451 e. The number of carbonyl (C=O) groups is 3. The van der Waals surface area contributed by atoms with Crippen LogP contribution in [0.15, 0.2) is 48.5 Å². The van der Waals surface area contributed by atoms with Crippen molar-refractivity contribution in [1.82, 2.24) is 0 Å². The zero-order valence-electron chi connectivity index (χ0n) is 13.3. The van der Waals surface area contributed by atoms with Gasteiger partial charge in [-0.05, 0) is 30.3 Å². The molecule has 0 spiro atoms. The minimum absolute atomic E-state index is 0.256. The van der Waals surface area contributed by atoms with Crippen molar-refractivity contribution in [2.24, 2.45) is 5.73 Å². The lowest BCUT2D eigenvalue weighted by atomic mass is 10.2. The molecule has 6 nitrogen and oxygen atoms in total. The molecule has 0 bridgehead atoms. The average Bonchev–Trinajstić information content (AvgIpc) is 2.97. The number of anilines is 1.